The summed E-state index contributed by atoms with van der Waals surface area (Å²) in [7, 11) is 0. The molecule has 0 radical (unpaired) electrons. The summed E-state index contributed by atoms with van der Waals surface area (Å²) < 4.78 is 1.74. The van der Waals surface area contributed by atoms with E-state index in [1.54, 1.807) is 4.68 Å². The van der Waals surface area contributed by atoms with Crippen LogP contribution in [0.25, 0.3) is 10.9 Å². The Balaban J connectivity index is 1.37. The maximum absolute atomic E-state index is 12.2. The zero-order valence-electron chi connectivity index (χ0n) is 13.2. The molecule has 122 valence electrons. The van der Waals surface area contributed by atoms with Crippen LogP contribution in [0.4, 0.5) is 5.95 Å². The maximum Gasteiger partial charge on any atom is 0.291 e. The smallest absolute Gasteiger partial charge is 0.291 e. The van der Waals surface area contributed by atoms with Crippen LogP contribution in [0.15, 0.2) is 36.5 Å². The van der Waals surface area contributed by atoms with Crippen molar-refractivity contribution in [1.82, 2.24) is 25.1 Å². The van der Waals surface area contributed by atoms with Gasteiger partial charge in [0.2, 0.25) is 11.8 Å². The van der Waals surface area contributed by atoms with E-state index in [1.807, 2.05) is 30.5 Å². The zero-order chi connectivity index (χ0) is 16.4. The van der Waals surface area contributed by atoms with Gasteiger partial charge in [-0.3, -0.25) is 9.78 Å². The Kier molecular flexibility index (Phi) is 3.82. The predicted octanol–water partition coefficient (Wildman–Crippen LogP) is 1.61. The third-order valence-corrected chi connectivity index (χ3v) is 4.05. The highest BCUT2D eigenvalue weighted by Crippen LogP contribution is 2.13. The fourth-order valence-corrected chi connectivity index (χ4v) is 2.81. The van der Waals surface area contributed by atoms with E-state index in [0.29, 0.717) is 12.5 Å². The molecule has 0 saturated carbocycles. The van der Waals surface area contributed by atoms with Gasteiger partial charge in [0.1, 0.15) is 0 Å². The largest absolute Gasteiger partial charge is 0.354 e. The van der Waals surface area contributed by atoms with Crippen molar-refractivity contribution in [1.29, 1.82) is 0 Å². The van der Waals surface area contributed by atoms with Crippen LogP contribution in [0.5, 0.6) is 0 Å². The number of aryl methyl sites for hydroxylation is 1. The van der Waals surface area contributed by atoms with Gasteiger partial charge in [-0.15, -0.1) is 5.10 Å². The Morgan fingerprint density at radius 3 is 3.17 bits per heavy atom. The van der Waals surface area contributed by atoms with E-state index < -0.39 is 0 Å². The standard InChI is InChI=1S/C17H18N6O/c24-16(15-21-17-19-7-3-9-23(17)22-15)18-8-6-12-10-13-4-1-2-5-14(13)20-11-12/h1-2,4-5,10-11H,3,6-9H2,(H,18,24)(H,19,21,22). The third-order valence-electron chi connectivity index (χ3n) is 4.05. The van der Waals surface area contributed by atoms with Crippen LogP contribution in [0.1, 0.15) is 22.6 Å². The number of carbonyl (C=O) groups excluding carboxylic acids is 1. The molecule has 0 spiro atoms. The summed E-state index contributed by atoms with van der Waals surface area (Å²) in [5.74, 6) is 0.647. The molecular weight excluding hydrogens is 304 g/mol. The van der Waals surface area contributed by atoms with Crippen molar-refractivity contribution < 1.29 is 4.79 Å². The van der Waals surface area contributed by atoms with Gasteiger partial charge >= 0.3 is 0 Å². The molecule has 0 saturated heterocycles. The van der Waals surface area contributed by atoms with Gasteiger partial charge in [0.15, 0.2) is 0 Å². The normalized spacial score (nSPS) is 13.3. The van der Waals surface area contributed by atoms with Crippen molar-refractivity contribution in [3.05, 3.63) is 47.9 Å². The molecule has 0 bridgehead atoms. The number of nitrogens with zero attached hydrogens (tertiary/aromatic N) is 4. The van der Waals surface area contributed by atoms with E-state index in [2.05, 4.69) is 31.8 Å². The first-order valence-electron chi connectivity index (χ1n) is 8.10. The topological polar surface area (TPSA) is 84.7 Å². The van der Waals surface area contributed by atoms with Gasteiger partial charge in [0, 0.05) is 31.2 Å². The van der Waals surface area contributed by atoms with E-state index in [0.717, 1.165) is 42.4 Å². The molecule has 0 fully saturated rings. The quantitative estimate of drug-likeness (QED) is 0.762. The summed E-state index contributed by atoms with van der Waals surface area (Å²) in [6.07, 6.45) is 3.56. The third kappa shape index (κ3) is 2.92. The molecule has 0 aliphatic carbocycles. The summed E-state index contributed by atoms with van der Waals surface area (Å²) in [6, 6.07) is 10.1. The molecule has 0 unspecified atom stereocenters. The summed E-state index contributed by atoms with van der Waals surface area (Å²) in [5.41, 5.74) is 2.07. The number of aromatic nitrogens is 4. The summed E-state index contributed by atoms with van der Waals surface area (Å²) in [5, 5.41) is 11.4. The van der Waals surface area contributed by atoms with E-state index in [9.17, 15) is 4.79 Å². The Morgan fingerprint density at radius 1 is 1.33 bits per heavy atom. The number of para-hydroxylation sites is 1. The van der Waals surface area contributed by atoms with Crippen LogP contribution in [0, 0.1) is 0 Å². The van der Waals surface area contributed by atoms with E-state index in [1.165, 1.54) is 0 Å². The molecule has 2 aromatic heterocycles. The summed E-state index contributed by atoms with van der Waals surface area (Å²) in [4.78, 5) is 20.8. The van der Waals surface area contributed by atoms with Crippen molar-refractivity contribution in [2.75, 3.05) is 18.4 Å². The molecule has 7 heteroatoms. The van der Waals surface area contributed by atoms with Crippen LogP contribution >= 0.6 is 0 Å². The molecule has 2 N–H and O–H groups in total. The fraction of sp³-hybridized carbons (Fsp3) is 0.294. The number of nitrogens with one attached hydrogen (secondary N) is 2. The van der Waals surface area contributed by atoms with Gasteiger partial charge in [-0.1, -0.05) is 18.2 Å². The van der Waals surface area contributed by atoms with E-state index >= 15 is 0 Å². The van der Waals surface area contributed by atoms with Crippen molar-refractivity contribution in [2.24, 2.45) is 0 Å². The Bertz CT molecular complexity index is 864. The highest BCUT2D eigenvalue weighted by molar-refractivity contribution is 5.90. The molecule has 1 aliphatic heterocycles. The lowest BCUT2D eigenvalue weighted by atomic mass is 10.1. The lowest BCUT2D eigenvalue weighted by molar-refractivity contribution is 0.0943. The Hall–Kier alpha value is -2.96. The van der Waals surface area contributed by atoms with Gasteiger partial charge < -0.3 is 10.6 Å². The second kappa shape index (κ2) is 6.27. The zero-order valence-corrected chi connectivity index (χ0v) is 13.2. The SMILES string of the molecule is O=C(NCCc1cnc2ccccc2c1)c1nc2n(n1)CCCN2. The Labute approximate surface area is 139 Å². The number of pyridine rings is 1. The molecule has 3 aromatic rings. The average molecular weight is 322 g/mol. The molecular formula is C17H18N6O. The maximum atomic E-state index is 12.2. The number of benzene rings is 1. The molecule has 4 rings (SSSR count). The number of fused-ring (bicyclic) bond motifs is 2. The highest BCUT2D eigenvalue weighted by atomic mass is 16.2. The molecule has 7 nitrogen and oxygen atoms in total. The minimum atomic E-state index is -0.243. The first kappa shape index (κ1) is 14.6. The first-order valence-corrected chi connectivity index (χ1v) is 8.10. The van der Waals surface area contributed by atoms with Gasteiger partial charge in [0.25, 0.3) is 5.91 Å². The number of carbonyl (C=O) groups is 1. The fourth-order valence-electron chi connectivity index (χ4n) is 2.81. The van der Waals surface area contributed by atoms with Crippen molar-refractivity contribution in [2.45, 2.75) is 19.4 Å². The van der Waals surface area contributed by atoms with Crippen LogP contribution in [-0.4, -0.2) is 38.7 Å². The second-order valence-electron chi connectivity index (χ2n) is 5.80. The number of hydrogen-bond donors (Lipinski definition) is 2. The van der Waals surface area contributed by atoms with Crippen molar-refractivity contribution in [3.8, 4) is 0 Å². The molecule has 0 atom stereocenters. The molecule has 1 amide bonds. The van der Waals surface area contributed by atoms with Gasteiger partial charge in [0.05, 0.1) is 5.52 Å². The van der Waals surface area contributed by atoms with Crippen molar-refractivity contribution >= 4 is 22.8 Å². The molecule has 1 aliphatic rings. The minimum Gasteiger partial charge on any atom is -0.354 e. The minimum absolute atomic E-state index is 0.219. The number of amides is 1. The second-order valence-corrected chi connectivity index (χ2v) is 5.80. The lowest BCUT2D eigenvalue weighted by Crippen LogP contribution is -2.27. The van der Waals surface area contributed by atoms with Crippen LogP contribution < -0.4 is 10.6 Å². The van der Waals surface area contributed by atoms with Gasteiger partial charge in [-0.25, -0.2) is 4.68 Å². The molecule has 1 aromatic carbocycles. The lowest BCUT2D eigenvalue weighted by Gasteiger charge is -2.12. The highest BCUT2D eigenvalue weighted by Gasteiger charge is 2.17. The van der Waals surface area contributed by atoms with Gasteiger partial charge in [-0.2, -0.15) is 4.98 Å². The first-order chi connectivity index (χ1) is 11.8. The van der Waals surface area contributed by atoms with Crippen LogP contribution in [0.3, 0.4) is 0 Å². The van der Waals surface area contributed by atoms with E-state index in [4.69, 9.17) is 0 Å². The summed E-state index contributed by atoms with van der Waals surface area (Å²) >= 11 is 0. The summed E-state index contributed by atoms with van der Waals surface area (Å²) in [6.45, 7) is 2.19. The number of rotatable bonds is 4. The average Bonchev–Trinajstić information content (AvgIpc) is 3.06. The van der Waals surface area contributed by atoms with Crippen LogP contribution in [-0.2, 0) is 13.0 Å². The number of anilines is 1. The predicted molar refractivity (Wildman–Crippen MR) is 90.9 cm³/mol. The molecule has 3 heterocycles. The van der Waals surface area contributed by atoms with Crippen LogP contribution in [0.2, 0.25) is 0 Å². The number of hydrogen-bond acceptors (Lipinski definition) is 5. The Morgan fingerprint density at radius 2 is 2.25 bits per heavy atom. The molecule has 24 heavy (non-hydrogen) atoms. The van der Waals surface area contributed by atoms with E-state index in [-0.39, 0.29) is 11.7 Å². The van der Waals surface area contributed by atoms with Crippen molar-refractivity contribution in [3.63, 3.8) is 0 Å². The monoisotopic (exact) mass is 322 g/mol. The van der Waals surface area contributed by atoms with Gasteiger partial charge in [-0.05, 0) is 30.5 Å².